The van der Waals surface area contributed by atoms with E-state index in [2.05, 4.69) is 22.7 Å². The topological polar surface area (TPSA) is 115 Å². The summed E-state index contributed by atoms with van der Waals surface area (Å²) >= 11 is 2.49. The molecule has 0 fully saturated rings. The van der Waals surface area contributed by atoms with E-state index in [9.17, 15) is 14.4 Å². The summed E-state index contributed by atoms with van der Waals surface area (Å²) in [5.41, 5.74) is 2.71. The zero-order valence-corrected chi connectivity index (χ0v) is 24.0. The summed E-state index contributed by atoms with van der Waals surface area (Å²) in [5, 5.41) is 5.57. The van der Waals surface area contributed by atoms with Crippen LogP contribution in [-0.4, -0.2) is 36.1 Å². The number of aromatic amines is 1. The number of esters is 1. The van der Waals surface area contributed by atoms with Crippen LogP contribution in [0.15, 0.2) is 68.9 Å². The van der Waals surface area contributed by atoms with Gasteiger partial charge < -0.3 is 14.8 Å². The molecule has 1 aliphatic carbocycles. The molecule has 11 heteroatoms. The van der Waals surface area contributed by atoms with Gasteiger partial charge in [0.1, 0.15) is 10.8 Å². The predicted molar refractivity (Wildman–Crippen MR) is 153 cm³/mol. The number of carbonyl (C=O) groups excluding carboxylic acids is 2. The number of hydrogen-bond acceptors (Lipinski definition) is 8. The highest BCUT2D eigenvalue weighted by Gasteiger charge is 2.33. The molecule has 2 heterocycles. The molecule has 0 radical (unpaired) electrons. The van der Waals surface area contributed by atoms with E-state index in [4.69, 9.17) is 14.0 Å². The predicted octanol–water partition coefficient (Wildman–Crippen LogP) is 4.88. The number of aromatic nitrogens is 2. The first-order valence-electron chi connectivity index (χ1n) is 13.0. The Kier molecular flexibility index (Phi) is 8.41. The van der Waals surface area contributed by atoms with Gasteiger partial charge in [-0.1, -0.05) is 30.3 Å². The van der Waals surface area contributed by atoms with Gasteiger partial charge in [-0.15, -0.1) is 11.3 Å². The van der Waals surface area contributed by atoms with E-state index in [1.165, 1.54) is 21.6 Å². The lowest BCUT2D eigenvalue weighted by Crippen LogP contribution is -2.37. The molecule has 5 rings (SSSR count). The summed E-state index contributed by atoms with van der Waals surface area (Å²) in [7, 11) is 1.57. The van der Waals surface area contributed by atoms with Crippen molar-refractivity contribution in [3.8, 4) is 11.4 Å². The zero-order valence-electron chi connectivity index (χ0n) is 22.4. The fourth-order valence-electron chi connectivity index (χ4n) is 4.80. The lowest BCUT2D eigenvalue weighted by Gasteiger charge is -2.23. The Morgan fingerprint density at radius 2 is 1.95 bits per heavy atom. The third-order valence-electron chi connectivity index (χ3n) is 6.85. The molecule has 0 aliphatic heterocycles. The molecule has 0 bridgehead atoms. The summed E-state index contributed by atoms with van der Waals surface area (Å²) in [5.74, 6) is 0.248. The molecule has 9 nitrogen and oxygen atoms in total. The van der Waals surface area contributed by atoms with Crippen molar-refractivity contribution in [3.05, 3.63) is 86.6 Å². The van der Waals surface area contributed by atoms with E-state index in [-0.39, 0.29) is 17.5 Å². The van der Waals surface area contributed by atoms with Gasteiger partial charge in [0.25, 0.3) is 0 Å². The maximum atomic E-state index is 13.4. The van der Waals surface area contributed by atoms with Crippen molar-refractivity contribution in [2.75, 3.05) is 19.0 Å². The van der Waals surface area contributed by atoms with E-state index >= 15 is 0 Å². The molecule has 1 aliphatic rings. The van der Waals surface area contributed by atoms with Gasteiger partial charge in [0.2, 0.25) is 11.6 Å². The molecule has 2 aromatic heterocycles. The standard InChI is InChI=1S/C29H29N3O6S2/c1-4-37-28(34)24-22-15-10-19(18-8-6-5-7-9-18)16-23(22)40-26(24)30-25(33)17(2)39-27-29(35)38-31-32(27)20-11-13-21(36-3)14-12-20/h5-9,11-14,17,19H,4,10,15-16H2,1-3H3,(H-,30,31,33,34,35)/p+1. The quantitative estimate of drug-likeness (QED) is 0.165. The first kappa shape index (κ1) is 27.7. The number of fused-ring (bicyclic) bond motifs is 1. The second-order valence-corrected chi connectivity index (χ2v) is 11.8. The maximum absolute atomic E-state index is 13.4. The summed E-state index contributed by atoms with van der Waals surface area (Å²) in [6.45, 7) is 3.71. The number of amides is 1. The van der Waals surface area contributed by atoms with Crippen LogP contribution in [0.1, 0.15) is 52.5 Å². The number of H-pyrrole nitrogens is 1. The molecular formula is C29H30N3O6S2+. The number of anilines is 1. The molecule has 2 N–H and O–H groups in total. The van der Waals surface area contributed by atoms with Gasteiger partial charge in [0.05, 0.1) is 24.5 Å². The first-order valence-corrected chi connectivity index (χ1v) is 14.7. The number of rotatable bonds is 9. The number of ether oxygens (including phenoxy) is 2. The van der Waals surface area contributed by atoms with E-state index in [0.717, 1.165) is 41.5 Å². The molecule has 0 saturated heterocycles. The van der Waals surface area contributed by atoms with Crippen LogP contribution in [0.2, 0.25) is 0 Å². The number of nitrogens with one attached hydrogen (secondary N) is 2. The van der Waals surface area contributed by atoms with E-state index in [1.807, 2.05) is 18.2 Å². The number of carbonyl (C=O) groups is 2. The number of benzene rings is 2. The van der Waals surface area contributed by atoms with Crippen molar-refractivity contribution >= 4 is 40.0 Å². The molecule has 2 atom stereocenters. The van der Waals surface area contributed by atoms with Crippen LogP contribution < -0.4 is 20.4 Å². The number of nitrogens with zero attached hydrogens (tertiary/aromatic N) is 1. The number of methoxy groups -OCH3 is 1. The molecular weight excluding hydrogens is 550 g/mol. The van der Waals surface area contributed by atoms with Gasteiger partial charge in [0, 0.05) is 17.0 Å². The maximum Gasteiger partial charge on any atom is 0.442 e. The van der Waals surface area contributed by atoms with Crippen LogP contribution >= 0.6 is 23.1 Å². The van der Waals surface area contributed by atoms with Crippen LogP contribution in [0.3, 0.4) is 0 Å². The van der Waals surface area contributed by atoms with Gasteiger partial charge in [0.15, 0.2) is 0 Å². The summed E-state index contributed by atoms with van der Waals surface area (Å²) in [6.07, 6.45) is 2.43. The van der Waals surface area contributed by atoms with Crippen molar-refractivity contribution in [1.82, 2.24) is 5.27 Å². The number of thioether (sulfide) groups is 1. The monoisotopic (exact) mass is 580 g/mol. The minimum Gasteiger partial charge on any atom is -0.497 e. The molecule has 208 valence electrons. The Hall–Kier alpha value is -3.83. The van der Waals surface area contributed by atoms with Gasteiger partial charge in [-0.05, 0) is 84.0 Å². The van der Waals surface area contributed by atoms with Crippen molar-refractivity contribution < 1.29 is 28.3 Å². The molecule has 0 spiro atoms. The Balaban J connectivity index is 1.37. The van der Waals surface area contributed by atoms with Crippen LogP contribution in [0, 0.1) is 0 Å². The van der Waals surface area contributed by atoms with Crippen LogP contribution in [-0.2, 0) is 22.4 Å². The Morgan fingerprint density at radius 1 is 1.20 bits per heavy atom. The molecule has 40 heavy (non-hydrogen) atoms. The smallest absolute Gasteiger partial charge is 0.442 e. The van der Waals surface area contributed by atoms with Gasteiger partial charge in [-0.25, -0.2) is 9.59 Å². The van der Waals surface area contributed by atoms with Crippen molar-refractivity contribution in [2.24, 2.45) is 0 Å². The van der Waals surface area contributed by atoms with Crippen LogP contribution in [0.5, 0.6) is 5.75 Å². The number of thiophene rings is 1. The van der Waals surface area contributed by atoms with Crippen molar-refractivity contribution in [2.45, 2.75) is 49.3 Å². The van der Waals surface area contributed by atoms with Gasteiger partial charge >= 0.3 is 16.6 Å². The Bertz CT molecular complexity index is 1560. The average Bonchev–Trinajstić information content (AvgIpc) is 3.52. The fraction of sp³-hybridized carbons (Fsp3) is 0.310. The van der Waals surface area contributed by atoms with E-state index in [1.54, 1.807) is 45.2 Å². The molecule has 4 aromatic rings. The summed E-state index contributed by atoms with van der Waals surface area (Å²) < 4.78 is 17.1. The third-order valence-corrected chi connectivity index (χ3v) is 9.16. The molecule has 2 unspecified atom stereocenters. The van der Waals surface area contributed by atoms with Crippen molar-refractivity contribution in [3.63, 3.8) is 0 Å². The summed E-state index contributed by atoms with van der Waals surface area (Å²) in [6, 6.07) is 17.4. The lowest BCUT2D eigenvalue weighted by molar-refractivity contribution is -0.704. The minimum absolute atomic E-state index is 0.217. The molecule has 2 aromatic carbocycles. The van der Waals surface area contributed by atoms with Crippen LogP contribution in [0.25, 0.3) is 5.69 Å². The Labute approximate surface area is 239 Å². The highest BCUT2D eigenvalue weighted by atomic mass is 32.2. The Morgan fingerprint density at radius 3 is 2.65 bits per heavy atom. The van der Waals surface area contributed by atoms with Crippen LogP contribution in [0.4, 0.5) is 5.00 Å². The highest BCUT2D eigenvalue weighted by molar-refractivity contribution is 8.00. The number of hydrogen-bond donors (Lipinski definition) is 2. The lowest BCUT2D eigenvalue weighted by atomic mass is 9.83. The molecule has 0 saturated carbocycles. The van der Waals surface area contributed by atoms with Crippen molar-refractivity contribution in [1.29, 1.82) is 0 Å². The zero-order chi connectivity index (χ0) is 28.2. The van der Waals surface area contributed by atoms with Gasteiger partial charge in [-0.3, -0.25) is 9.32 Å². The SMILES string of the molecule is CCOC(=O)c1c(NC(=O)C(C)Sc2c(=O)o[nH][n+]2-c2ccc(OC)cc2)sc2c1CCC(c1ccccc1)C2. The highest BCUT2D eigenvalue weighted by Crippen LogP contribution is 2.43. The largest absolute Gasteiger partial charge is 0.497 e. The minimum atomic E-state index is -0.672. The second kappa shape index (κ2) is 12.1. The normalized spacial score (nSPS) is 15.2. The third kappa shape index (κ3) is 5.71. The fourth-order valence-corrected chi connectivity index (χ4v) is 7.01. The second-order valence-electron chi connectivity index (χ2n) is 9.35. The first-order chi connectivity index (χ1) is 19.4. The average molecular weight is 581 g/mol. The van der Waals surface area contributed by atoms with E-state index < -0.39 is 16.8 Å². The summed E-state index contributed by atoms with van der Waals surface area (Å²) in [4.78, 5) is 40.0. The van der Waals surface area contributed by atoms with Gasteiger partial charge in [-0.2, -0.15) is 0 Å². The van der Waals surface area contributed by atoms with E-state index in [0.29, 0.717) is 27.9 Å². The molecule has 1 amide bonds.